The van der Waals surface area contributed by atoms with E-state index in [0.717, 1.165) is 19.3 Å². The zero-order valence-electron chi connectivity index (χ0n) is 25.5. The first-order valence-electron chi connectivity index (χ1n) is 16.0. The molecule has 2 heterocycles. The predicted molar refractivity (Wildman–Crippen MR) is 157 cm³/mol. The van der Waals surface area contributed by atoms with Crippen molar-refractivity contribution in [1.82, 2.24) is 0 Å². The fourth-order valence-electron chi connectivity index (χ4n) is 5.30. The van der Waals surface area contributed by atoms with Gasteiger partial charge in [0.15, 0.2) is 12.6 Å². The zero-order valence-corrected chi connectivity index (χ0v) is 25.5. The van der Waals surface area contributed by atoms with E-state index in [1.165, 1.54) is 57.8 Å². The van der Waals surface area contributed by atoms with Gasteiger partial charge in [-0.1, -0.05) is 83.3 Å². The van der Waals surface area contributed by atoms with E-state index in [1.54, 1.807) is 6.08 Å². The third-order valence-electron chi connectivity index (χ3n) is 8.16. The summed E-state index contributed by atoms with van der Waals surface area (Å²) < 4.78 is 21.9. The van der Waals surface area contributed by atoms with Gasteiger partial charge in [-0.25, -0.2) is 0 Å². The van der Waals surface area contributed by atoms with Gasteiger partial charge in [0.1, 0.15) is 48.8 Å². The van der Waals surface area contributed by atoms with Crippen molar-refractivity contribution in [3.8, 4) is 0 Å². The molecule has 0 aromatic heterocycles. The summed E-state index contributed by atoms with van der Waals surface area (Å²) in [6.07, 6.45) is 1.80. The lowest BCUT2D eigenvalue weighted by Gasteiger charge is -2.46. The second kappa shape index (κ2) is 21.1. The molecule has 0 spiro atoms. The SMILES string of the molecule is CCCCCCCCCCCCCC=C[C@@H](O)[C@@H](N)COC1OC(CO)C(OC2OC(CO)C(O)C(O)C2O)C(O)C1O. The second-order valence-corrected chi connectivity index (χ2v) is 11.7. The molecule has 0 amide bonds. The van der Waals surface area contributed by atoms with E-state index in [1.807, 2.05) is 6.08 Å². The minimum Gasteiger partial charge on any atom is -0.394 e. The Morgan fingerprint density at radius 3 is 1.81 bits per heavy atom. The number of rotatable bonds is 21. The highest BCUT2D eigenvalue weighted by Gasteiger charge is 2.50. The highest BCUT2D eigenvalue weighted by Crippen LogP contribution is 2.29. The average molecular weight is 624 g/mol. The van der Waals surface area contributed by atoms with Gasteiger partial charge in [0.05, 0.1) is 32.0 Å². The Bertz CT molecular complexity index is 744. The third-order valence-corrected chi connectivity index (χ3v) is 8.16. The second-order valence-electron chi connectivity index (χ2n) is 11.7. The van der Waals surface area contributed by atoms with Crippen LogP contribution in [0.5, 0.6) is 0 Å². The lowest BCUT2D eigenvalue weighted by Crippen LogP contribution is -2.64. The first kappa shape index (κ1) is 38.4. The van der Waals surface area contributed by atoms with Crippen LogP contribution < -0.4 is 5.73 Å². The summed E-state index contributed by atoms with van der Waals surface area (Å²) in [5.41, 5.74) is 6.04. The molecule has 13 nitrogen and oxygen atoms in total. The van der Waals surface area contributed by atoms with Crippen LogP contribution >= 0.6 is 0 Å². The standard InChI is InChI=1S/C30H57NO12/c1-2-3-4-5-6-7-8-9-10-11-12-13-14-15-20(34)19(31)18-40-29-27(39)25(37)28(22(17-33)42-29)43-30-26(38)24(36)23(35)21(16-32)41-30/h14-15,19-30,32-39H,2-13,16-18,31H2,1H3/t19-,20+,21?,22?,23?,24?,25?,26?,27?,28?,29?,30?/m0/s1. The summed E-state index contributed by atoms with van der Waals surface area (Å²) in [7, 11) is 0. The molecule has 0 aromatic carbocycles. The van der Waals surface area contributed by atoms with E-state index >= 15 is 0 Å². The largest absolute Gasteiger partial charge is 0.394 e. The molecule has 0 saturated carbocycles. The maximum absolute atomic E-state index is 10.7. The number of aliphatic hydroxyl groups is 8. The molecule has 0 radical (unpaired) electrons. The van der Waals surface area contributed by atoms with Crippen LogP contribution in [0.15, 0.2) is 12.2 Å². The lowest BCUT2D eigenvalue weighted by molar-refractivity contribution is -0.359. The molecule has 2 rings (SSSR count). The first-order valence-corrected chi connectivity index (χ1v) is 16.0. The van der Waals surface area contributed by atoms with Gasteiger partial charge in [-0.15, -0.1) is 0 Å². The van der Waals surface area contributed by atoms with Crippen LogP contribution in [0.3, 0.4) is 0 Å². The zero-order chi connectivity index (χ0) is 31.8. The minimum atomic E-state index is -1.75. The van der Waals surface area contributed by atoms with E-state index in [-0.39, 0.29) is 6.61 Å². The van der Waals surface area contributed by atoms with Crippen molar-refractivity contribution in [2.75, 3.05) is 19.8 Å². The van der Waals surface area contributed by atoms with Crippen LogP contribution in [0, 0.1) is 0 Å². The number of nitrogens with two attached hydrogens (primary N) is 1. The van der Waals surface area contributed by atoms with Gasteiger partial charge in [-0.2, -0.15) is 0 Å². The molecule has 0 aliphatic carbocycles. The molecule has 10 N–H and O–H groups in total. The van der Waals surface area contributed by atoms with Crippen LogP contribution in [0.4, 0.5) is 0 Å². The van der Waals surface area contributed by atoms with Crippen LogP contribution in [0.2, 0.25) is 0 Å². The highest BCUT2D eigenvalue weighted by atomic mass is 16.7. The number of allylic oxidation sites excluding steroid dienone is 1. The van der Waals surface area contributed by atoms with Gasteiger partial charge in [-0.05, 0) is 12.8 Å². The van der Waals surface area contributed by atoms with Crippen LogP contribution in [-0.2, 0) is 18.9 Å². The quantitative estimate of drug-likeness (QED) is 0.0585. The third kappa shape index (κ3) is 12.5. The van der Waals surface area contributed by atoms with Gasteiger partial charge in [0.25, 0.3) is 0 Å². The molecule has 13 heteroatoms. The molecule has 2 aliphatic rings. The van der Waals surface area contributed by atoms with Gasteiger partial charge >= 0.3 is 0 Å². The first-order chi connectivity index (χ1) is 20.7. The molecular weight excluding hydrogens is 566 g/mol. The number of hydrogen-bond donors (Lipinski definition) is 9. The summed E-state index contributed by atoms with van der Waals surface area (Å²) in [6, 6.07) is -0.850. The molecule has 2 saturated heterocycles. The maximum Gasteiger partial charge on any atom is 0.187 e. The Hall–Kier alpha value is -0.780. The van der Waals surface area contributed by atoms with Gasteiger partial charge < -0.3 is 65.5 Å². The van der Waals surface area contributed by atoms with Crippen molar-refractivity contribution in [3.05, 3.63) is 12.2 Å². The Balaban J connectivity index is 1.70. The van der Waals surface area contributed by atoms with Gasteiger partial charge in [0.2, 0.25) is 0 Å². The highest BCUT2D eigenvalue weighted by molar-refractivity contribution is 4.96. The molecule has 0 bridgehead atoms. The molecular formula is C30H57NO12. The van der Waals surface area contributed by atoms with E-state index in [0.29, 0.717) is 0 Å². The van der Waals surface area contributed by atoms with E-state index in [9.17, 15) is 40.9 Å². The molecule has 12 atom stereocenters. The van der Waals surface area contributed by atoms with Gasteiger partial charge in [0, 0.05) is 0 Å². The Morgan fingerprint density at radius 2 is 1.23 bits per heavy atom. The van der Waals surface area contributed by atoms with Crippen molar-refractivity contribution >= 4 is 0 Å². The molecule has 254 valence electrons. The van der Waals surface area contributed by atoms with Crippen LogP contribution in [0.25, 0.3) is 0 Å². The summed E-state index contributed by atoms with van der Waals surface area (Å²) in [6.45, 7) is 0.641. The number of unbranched alkanes of at least 4 members (excludes halogenated alkanes) is 11. The summed E-state index contributed by atoms with van der Waals surface area (Å²) in [5.74, 6) is 0. The topological polar surface area (TPSA) is 225 Å². The van der Waals surface area contributed by atoms with Crippen molar-refractivity contribution in [3.63, 3.8) is 0 Å². The Kier molecular flexibility index (Phi) is 18.8. The van der Waals surface area contributed by atoms with Crippen molar-refractivity contribution in [1.29, 1.82) is 0 Å². The maximum atomic E-state index is 10.7. The van der Waals surface area contributed by atoms with E-state index in [2.05, 4.69) is 6.92 Å². The van der Waals surface area contributed by atoms with Crippen LogP contribution in [0.1, 0.15) is 84.0 Å². The van der Waals surface area contributed by atoms with E-state index < -0.39 is 86.8 Å². The van der Waals surface area contributed by atoms with E-state index in [4.69, 9.17) is 24.7 Å². The molecule has 0 aromatic rings. The normalized spacial score (nSPS) is 34.9. The predicted octanol–water partition coefficient (Wildman–Crippen LogP) is -0.427. The average Bonchev–Trinajstić information content (AvgIpc) is 3.01. The number of aliphatic hydroxyl groups excluding tert-OH is 8. The fraction of sp³-hybridized carbons (Fsp3) is 0.933. The summed E-state index contributed by atoms with van der Waals surface area (Å²) in [5, 5.41) is 81.0. The molecule has 43 heavy (non-hydrogen) atoms. The fourth-order valence-corrected chi connectivity index (χ4v) is 5.30. The van der Waals surface area contributed by atoms with Crippen molar-refractivity contribution < 1.29 is 59.8 Å². The Labute approximate surface area is 255 Å². The minimum absolute atomic E-state index is 0.227. The van der Waals surface area contributed by atoms with Crippen molar-refractivity contribution in [2.45, 2.75) is 158 Å². The monoisotopic (exact) mass is 623 g/mol. The number of ether oxygens (including phenoxy) is 4. The summed E-state index contributed by atoms with van der Waals surface area (Å²) in [4.78, 5) is 0. The Morgan fingerprint density at radius 1 is 0.698 bits per heavy atom. The molecule has 2 fully saturated rings. The molecule has 2 aliphatic heterocycles. The summed E-state index contributed by atoms with van der Waals surface area (Å²) >= 11 is 0. The lowest BCUT2D eigenvalue weighted by atomic mass is 9.97. The molecule has 10 unspecified atom stereocenters. The van der Waals surface area contributed by atoms with Crippen LogP contribution in [-0.4, -0.2) is 134 Å². The van der Waals surface area contributed by atoms with Crippen molar-refractivity contribution in [2.24, 2.45) is 5.73 Å². The van der Waals surface area contributed by atoms with Gasteiger partial charge in [-0.3, -0.25) is 0 Å². The smallest absolute Gasteiger partial charge is 0.187 e. The number of hydrogen-bond acceptors (Lipinski definition) is 13.